The molecule has 0 aliphatic carbocycles. The minimum absolute atomic E-state index is 0.0192. The van der Waals surface area contributed by atoms with Crippen molar-refractivity contribution in [1.82, 2.24) is 4.57 Å². The summed E-state index contributed by atoms with van der Waals surface area (Å²) in [5, 5.41) is 3.02. The highest BCUT2D eigenvalue weighted by atomic mass is 32.1. The van der Waals surface area contributed by atoms with E-state index in [0.29, 0.717) is 12.1 Å². The van der Waals surface area contributed by atoms with Gasteiger partial charge >= 0.3 is 4.87 Å². The molecule has 1 N–H and O–H groups in total. The molecular weight excluding hydrogens is 392 g/mol. The fourth-order valence-electron chi connectivity index (χ4n) is 3.80. The van der Waals surface area contributed by atoms with Crippen LogP contribution in [-0.2, 0) is 4.79 Å². The monoisotopic (exact) mass is 416 g/mol. The zero-order chi connectivity index (χ0) is 21.1. The third kappa shape index (κ3) is 4.21. The van der Waals surface area contributed by atoms with Crippen molar-refractivity contribution in [2.24, 2.45) is 0 Å². The number of benzene rings is 3. The highest BCUT2D eigenvalue weighted by Crippen LogP contribution is 2.29. The predicted molar refractivity (Wildman–Crippen MR) is 124 cm³/mol. The zero-order valence-electron chi connectivity index (χ0n) is 17.0. The molecule has 5 heteroatoms. The minimum atomic E-state index is -0.0531. The highest BCUT2D eigenvalue weighted by Gasteiger charge is 2.18. The summed E-state index contributed by atoms with van der Waals surface area (Å²) in [5.41, 5.74) is 3.84. The fourth-order valence-corrected chi connectivity index (χ4v) is 4.85. The first kappa shape index (κ1) is 20.1. The minimum Gasteiger partial charge on any atom is -0.326 e. The van der Waals surface area contributed by atoms with Crippen LogP contribution in [0.2, 0.25) is 0 Å². The van der Waals surface area contributed by atoms with Crippen LogP contribution in [0.5, 0.6) is 0 Å². The van der Waals surface area contributed by atoms with Gasteiger partial charge in [0.1, 0.15) is 0 Å². The summed E-state index contributed by atoms with van der Waals surface area (Å²) in [5.74, 6) is -0.0723. The maximum Gasteiger partial charge on any atom is 0.308 e. The summed E-state index contributed by atoms with van der Waals surface area (Å²) >= 11 is 1.21. The van der Waals surface area contributed by atoms with Crippen molar-refractivity contribution in [3.8, 4) is 0 Å². The lowest BCUT2D eigenvalue weighted by atomic mass is 9.88. The Bertz CT molecular complexity index is 1170. The van der Waals surface area contributed by atoms with E-state index in [0.717, 1.165) is 21.3 Å². The van der Waals surface area contributed by atoms with Crippen LogP contribution < -0.4 is 10.2 Å². The molecule has 0 spiro atoms. The van der Waals surface area contributed by atoms with Gasteiger partial charge in [-0.3, -0.25) is 14.2 Å². The molecule has 0 atom stereocenters. The van der Waals surface area contributed by atoms with Crippen molar-refractivity contribution in [1.29, 1.82) is 0 Å². The SMILES string of the molecule is CC(C)n1c(=O)sc2cc(NC(=O)CC(c3ccccc3)c3ccccc3)ccc21. The quantitative estimate of drug-likeness (QED) is 0.431. The number of carbonyl (C=O) groups excluding carboxylic acids is 1. The van der Waals surface area contributed by atoms with Gasteiger partial charge in [-0.1, -0.05) is 72.0 Å². The number of anilines is 1. The maximum absolute atomic E-state index is 12.9. The summed E-state index contributed by atoms with van der Waals surface area (Å²) in [6.45, 7) is 3.99. The van der Waals surface area contributed by atoms with Crippen LogP contribution in [0.4, 0.5) is 5.69 Å². The van der Waals surface area contributed by atoms with Gasteiger partial charge in [0.15, 0.2) is 0 Å². The standard InChI is InChI=1S/C25H24N2O2S/c1-17(2)27-22-14-13-20(15-23(22)30-25(27)29)26-24(28)16-21(18-9-5-3-6-10-18)19-11-7-4-8-12-19/h3-15,17,21H,16H2,1-2H3,(H,26,28). The lowest BCUT2D eigenvalue weighted by Gasteiger charge is -2.18. The average molecular weight is 417 g/mol. The van der Waals surface area contributed by atoms with Gasteiger partial charge in [0.05, 0.1) is 10.2 Å². The molecule has 0 radical (unpaired) electrons. The van der Waals surface area contributed by atoms with E-state index in [1.165, 1.54) is 11.3 Å². The van der Waals surface area contributed by atoms with E-state index in [9.17, 15) is 9.59 Å². The van der Waals surface area contributed by atoms with Gasteiger partial charge in [-0.2, -0.15) is 0 Å². The Hall–Kier alpha value is -3.18. The summed E-state index contributed by atoms with van der Waals surface area (Å²) < 4.78 is 2.67. The molecule has 30 heavy (non-hydrogen) atoms. The Kier molecular flexibility index (Phi) is 5.81. The van der Waals surface area contributed by atoms with Crippen LogP contribution in [0.3, 0.4) is 0 Å². The number of aromatic nitrogens is 1. The van der Waals surface area contributed by atoms with Crippen molar-refractivity contribution in [2.45, 2.75) is 32.2 Å². The first-order valence-electron chi connectivity index (χ1n) is 10.1. The van der Waals surface area contributed by atoms with E-state index in [-0.39, 0.29) is 22.7 Å². The third-order valence-electron chi connectivity index (χ3n) is 5.21. The fraction of sp³-hybridized carbons (Fsp3) is 0.200. The second kappa shape index (κ2) is 8.67. The largest absolute Gasteiger partial charge is 0.326 e. The summed E-state index contributed by atoms with van der Waals surface area (Å²) in [4.78, 5) is 25.2. The number of amides is 1. The van der Waals surface area contributed by atoms with E-state index in [1.54, 1.807) is 4.57 Å². The van der Waals surface area contributed by atoms with Crippen LogP contribution in [0.25, 0.3) is 10.2 Å². The van der Waals surface area contributed by atoms with Crippen LogP contribution in [-0.4, -0.2) is 10.5 Å². The number of nitrogens with one attached hydrogen (secondary N) is 1. The molecule has 0 saturated carbocycles. The molecule has 0 bridgehead atoms. The number of rotatable bonds is 6. The normalized spacial score (nSPS) is 11.3. The maximum atomic E-state index is 12.9. The van der Waals surface area contributed by atoms with Gasteiger partial charge in [0, 0.05) is 24.1 Å². The van der Waals surface area contributed by atoms with Crippen LogP contribution in [0.15, 0.2) is 83.7 Å². The third-order valence-corrected chi connectivity index (χ3v) is 6.13. The van der Waals surface area contributed by atoms with Crippen molar-refractivity contribution < 1.29 is 4.79 Å². The molecular formula is C25H24N2O2S. The smallest absolute Gasteiger partial charge is 0.308 e. The molecule has 0 saturated heterocycles. The van der Waals surface area contributed by atoms with E-state index < -0.39 is 0 Å². The Balaban J connectivity index is 1.57. The molecule has 1 aromatic heterocycles. The van der Waals surface area contributed by atoms with Gasteiger partial charge in [0.25, 0.3) is 0 Å². The van der Waals surface area contributed by atoms with Crippen molar-refractivity contribution in [3.63, 3.8) is 0 Å². The van der Waals surface area contributed by atoms with Crippen LogP contribution >= 0.6 is 11.3 Å². The van der Waals surface area contributed by atoms with E-state index in [2.05, 4.69) is 29.6 Å². The molecule has 152 valence electrons. The van der Waals surface area contributed by atoms with Gasteiger partial charge in [-0.15, -0.1) is 0 Å². The molecule has 0 aliphatic heterocycles. The highest BCUT2D eigenvalue weighted by molar-refractivity contribution is 7.16. The molecule has 0 aliphatic rings. The molecule has 4 nitrogen and oxygen atoms in total. The Morgan fingerprint density at radius 3 is 2.10 bits per heavy atom. The number of nitrogens with zero attached hydrogens (tertiary/aromatic N) is 1. The van der Waals surface area contributed by atoms with Crippen molar-refractivity contribution in [2.75, 3.05) is 5.32 Å². The topological polar surface area (TPSA) is 51.1 Å². The number of hydrogen-bond acceptors (Lipinski definition) is 3. The zero-order valence-corrected chi connectivity index (χ0v) is 17.9. The van der Waals surface area contributed by atoms with E-state index in [1.807, 2.05) is 68.4 Å². The molecule has 0 unspecified atom stereocenters. The van der Waals surface area contributed by atoms with Crippen molar-refractivity contribution >= 4 is 33.1 Å². The van der Waals surface area contributed by atoms with Gasteiger partial charge in [-0.05, 0) is 43.2 Å². The summed E-state index contributed by atoms with van der Waals surface area (Å²) in [6, 6.07) is 26.0. The first-order valence-corrected chi connectivity index (χ1v) is 10.9. The lowest BCUT2D eigenvalue weighted by Crippen LogP contribution is -2.16. The number of thiazole rings is 1. The second-order valence-corrected chi connectivity index (χ2v) is 8.63. The van der Waals surface area contributed by atoms with Gasteiger partial charge < -0.3 is 5.32 Å². The van der Waals surface area contributed by atoms with E-state index >= 15 is 0 Å². The Labute approximate surface area is 179 Å². The van der Waals surface area contributed by atoms with Crippen molar-refractivity contribution in [3.05, 3.63) is 99.7 Å². The lowest BCUT2D eigenvalue weighted by molar-refractivity contribution is -0.116. The molecule has 1 amide bonds. The summed E-state index contributed by atoms with van der Waals surface area (Å²) in [7, 11) is 0. The van der Waals surface area contributed by atoms with Gasteiger partial charge in [0.2, 0.25) is 5.91 Å². The molecule has 3 aromatic carbocycles. The van der Waals surface area contributed by atoms with Crippen LogP contribution in [0.1, 0.15) is 43.4 Å². The number of fused-ring (bicyclic) bond motifs is 1. The average Bonchev–Trinajstić information content (AvgIpc) is 3.08. The Morgan fingerprint density at radius 2 is 1.53 bits per heavy atom. The molecule has 1 heterocycles. The van der Waals surface area contributed by atoms with E-state index in [4.69, 9.17) is 0 Å². The molecule has 0 fully saturated rings. The number of hydrogen-bond donors (Lipinski definition) is 1. The number of carbonyl (C=O) groups is 1. The second-order valence-electron chi connectivity index (χ2n) is 7.64. The molecule has 4 rings (SSSR count). The molecule has 4 aromatic rings. The van der Waals surface area contributed by atoms with Crippen LogP contribution in [0, 0.1) is 0 Å². The predicted octanol–water partition coefficient (Wildman–Crippen LogP) is 5.80. The first-order chi connectivity index (χ1) is 14.5. The summed E-state index contributed by atoms with van der Waals surface area (Å²) in [6.07, 6.45) is 0.343. The van der Waals surface area contributed by atoms with Gasteiger partial charge in [-0.25, -0.2) is 0 Å². The Morgan fingerprint density at radius 1 is 0.933 bits per heavy atom.